The zero-order chi connectivity index (χ0) is 22.7. The molecule has 0 aliphatic carbocycles. The summed E-state index contributed by atoms with van der Waals surface area (Å²) in [4.78, 5) is 26.1. The molecule has 0 unspecified atom stereocenters. The van der Waals surface area contributed by atoms with Crippen molar-refractivity contribution in [1.82, 2.24) is 19.9 Å². The van der Waals surface area contributed by atoms with E-state index in [2.05, 4.69) is 15.0 Å². The maximum Gasteiger partial charge on any atom is 0.280 e. The second-order valence-corrected chi connectivity index (χ2v) is 7.27. The minimum atomic E-state index is -2.76. The van der Waals surface area contributed by atoms with Gasteiger partial charge in [-0.05, 0) is 55.3 Å². The summed E-state index contributed by atoms with van der Waals surface area (Å²) in [6.45, 7) is 1.61. The number of rotatable bonds is 6. The van der Waals surface area contributed by atoms with Crippen LogP contribution < -0.4 is 5.73 Å². The van der Waals surface area contributed by atoms with Crippen molar-refractivity contribution in [2.75, 3.05) is 19.8 Å². The lowest BCUT2D eigenvalue weighted by Crippen LogP contribution is -2.22. The largest absolute Gasteiger partial charge is 0.368 e. The number of hydrogen-bond acceptors (Lipinski definition) is 5. The molecule has 9 heteroatoms. The quantitative estimate of drug-likeness (QED) is 0.635. The summed E-state index contributed by atoms with van der Waals surface area (Å²) in [6, 6.07) is 8.51. The maximum atomic E-state index is 13.5. The van der Waals surface area contributed by atoms with Crippen molar-refractivity contribution in [3.05, 3.63) is 59.3 Å². The highest BCUT2D eigenvalue weighted by molar-refractivity contribution is 5.84. The number of anilines is 1. The zero-order valence-electron chi connectivity index (χ0n) is 17.4. The molecule has 0 saturated heterocycles. The summed E-state index contributed by atoms with van der Waals surface area (Å²) in [5.41, 5.74) is 8.16. The van der Waals surface area contributed by atoms with E-state index in [1.807, 2.05) is 0 Å². The molecule has 0 saturated carbocycles. The summed E-state index contributed by atoms with van der Waals surface area (Å²) in [5, 5.41) is 0. The summed E-state index contributed by atoms with van der Waals surface area (Å²) < 4.78 is 40.3. The molecule has 0 aliphatic rings. The number of nitrogens with zero attached hydrogens (tertiary/aromatic N) is 4. The van der Waals surface area contributed by atoms with Gasteiger partial charge in [-0.25, -0.2) is 23.1 Å². The van der Waals surface area contributed by atoms with Crippen molar-refractivity contribution in [2.45, 2.75) is 26.2 Å². The van der Waals surface area contributed by atoms with Crippen molar-refractivity contribution in [3.63, 3.8) is 0 Å². The molecule has 3 rings (SSSR count). The third kappa shape index (κ3) is 5.17. The predicted octanol–water partition coefficient (Wildman–Crippen LogP) is 4.19. The Morgan fingerprint density at radius 1 is 1.06 bits per heavy atom. The van der Waals surface area contributed by atoms with Crippen LogP contribution in [0.5, 0.6) is 0 Å². The number of benzene rings is 1. The van der Waals surface area contributed by atoms with Crippen LogP contribution >= 0.6 is 0 Å². The molecule has 2 heterocycles. The van der Waals surface area contributed by atoms with Gasteiger partial charge in [-0.3, -0.25) is 9.78 Å². The SMILES string of the molecule is Cc1cc(-c2c(CCC(=O)N(C)C)nc(N)nc2-c2ccc(F)cc2)cc(C(F)F)n1. The Kier molecular flexibility index (Phi) is 6.53. The molecule has 0 atom stereocenters. The standard InChI is InChI=1S/C22H22F3N5O/c1-12-10-14(11-17(27-12)21(24)25)19-16(8-9-18(31)30(2)3)28-22(26)29-20(19)13-4-6-15(23)7-5-13/h4-7,10-11,21H,8-9H2,1-3H3,(H2,26,28,29). The summed E-state index contributed by atoms with van der Waals surface area (Å²) in [6.07, 6.45) is -2.40. The summed E-state index contributed by atoms with van der Waals surface area (Å²) in [5.74, 6) is -0.579. The van der Waals surface area contributed by atoms with Crippen LogP contribution in [0, 0.1) is 12.7 Å². The molecule has 2 N–H and O–H groups in total. The average Bonchev–Trinajstić information content (AvgIpc) is 2.71. The van der Waals surface area contributed by atoms with Crippen LogP contribution in [0.4, 0.5) is 19.1 Å². The van der Waals surface area contributed by atoms with Crippen molar-refractivity contribution >= 4 is 11.9 Å². The van der Waals surface area contributed by atoms with Crippen LogP contribution in [0.2, 0.25) is 0 Å². The van der Waals surface area contributed by atoms with Gasteiger partial charge in [0.1, 0.15) is 11.5 Å². The highest BCUT2D eigenvalue weighted by Gasteiger charge is 2.21. The molecule has 6 nitrogen and oxygen atoms in total. The summed E-state index contributed by atoms with van der Waals surface area (Å²) >= 11 is 0. The Hall–Kier alpha value is -3.49. The number of nitrogen functional groups attached to an aromatic ring is 1. The molecular formula is C22H22F3N5O. The van der Waals surface area contributed by atoms with Gasteiger partial charge in [0, 0.05) is 37.3 Å². The van der Waals surface area contributed by atoms with Crippen LogP contribution in [-0.4, -0.2) is 39.9 Å². The Morgan fingerprint density at radius 3 is 2.35 bits per heavy atom. The first kappa shape index (κ1) is 22.2. The second kappa shape index (κ2) is 9.11. The molecule has 3 aromatic rings. The molecule has 0 fully saturated rings. The van der Waals surface area contributed by atoms with Crippen molar-refractivity contribution in [2.24, 2.45) is 0 Å². The van der Waals surface area contributed by atoms with Gasteiger partial charge in [-0.15, -0.1) is 0 Å². The van der Waals surface area contributed by atoms with E-state index in [-0.39, 0.29) is 30.4 Å². The van der Waals surface area contributed by atoms with E-state index < -0.39 is 12.2 Å². The first-order valence-corrected chi connectivity index (χ1v) is 9.55. The fourth-order valence-electron chi connectivity index (χ4n) is 3.23. The fourth-order valence-corrected chi connectivity index (χ4v) is 3.23. The van der Waals surface area contributed by atoms with Gasteiger partial charge in [0.25, 0.3) is 6.43 Å². The second-order valence-electron chi connectivity index (χ2n) is 7.27. The minimum absolute atomic E-state index is 0.0322. The summed E-state index contributed by atoms with van der Waals surface area (Å²) in [7, 11) is 3.28. The Bertz CT molecular complexity index is 1100. The lowest BCUT2D eigenvalue weighted by Gasteiger charge is -2.17. The Labute approximate surface area is 178 Å². The van der Waals surface area contributed by atoms with Gasteiger partial charge in [-0.1, -0.05) is 0 Å². The van der Waals surface area contributed by atoms with E-state index in [4.69, 9.17) is 5.73 Å². The van der Waals surface area contributed by atoms with E-state index in [0.717, 1.165) is 0 Å². The smallest absolute Gasteiger partial charge is 0.280 e. The topological polar surface area (TPSA) is 85.0 Å². The molecular weight excluding hydrogens is 407 g/mol. The van der Waals surface area contributed by atoms with E-state index >= 15 is 0 Å². The number of pyridine rings is 1. The monoisotopic (exact) mass is 429 g/mol. The molecule has 1 amide bonds. The molecule has 31 heavy (non-hydrogen) atoms. The number of alkyl halides is 2. The molecule has 2 aromatic heterocycles. The molecule has 0 aliphatic heterocycles. The molecule has 1 aromatic carbocycles. The molecule has 162 valence electrons. The van der Waals surface area contributed by atoms with E-state index in [1.165, 1.54) is 35.2 Å². The number of carbonyl (C=O) groups is 1. The lowest BCUT2D eigenvalue weighted by molar-refractivity contribution is -0.128. The number of amides is 1. The van der Waals surface area contributed by atoms with E-state index in [0.29, 0.717) is 33.8 Å². The van der Waals surface area contributed by atoms with Crippen LogP contribution in [0.25, 0.3) is 22.4 Å². The molecule has 0 bridgehead atoms. The van der Waals surface area contributed by atoms with Gasteiger partial charge >= 0.3 is 0 Å². The lowest BCUT2D eigenvalue weighted by atomic mass is 9.95. The van der Waals surface area contributed by atoms with Crippen LogP contribution in [0.3, 0.4) is 0 Å². The van der Waals surface area contributed by atoms with Crippen LogP contribution in [0.1, 0.15) is 29.9 Å². The van der Waals surface area contributed by atoms with Crippen molar-refractivity contribution in [1.29, 1.82) is 0 Å². The molecule has 0 radical (unpaired) electrons. The first-order valence-electron chi connectivity index (χ1n) is 9.55. The first-order chi connectivity index (χ1) is 14.7. The highest BCUT2D eigenvalue weighted by Crippen LogP contribution is 2.36. The zero-order valence-corrected chi connectivity index (χ0v) is 17.4. The number of aromatic nitrogens is 3. The van der Waals surface area contributed by atoms with Crippen LogP contribution in [-0.2, 0) is 11.2 Å². The van der Waals surface area contributed by atoms with Gasteiger partial charge in [0.05, 0.1) is 11.4 Å². The van der Waals surface area contributed by atoms with Gasteiger partial charge in [-0.2, -0.15) is 0 Å². The maximum absolute atomic E-state index is 13.5. The number of halogens is 3. The van der Waals surface area contributed by atoms with Crippen molar-refractivity contribution in [3.8, 4) is 22.4 Å². The average molecular weight is 429 g/mol. The number of carbonyl (C=O) groups excluding carboxylic acids is 1. The fraction of sp³-hybridized carbons (Fsp3) is 0.273. The Balaban J connectivity index is 2.24. The number of nitrogens with two attached hydrogens (primary N) is 1. The van der Waals surface area contributed by atoms with Crippen LogP contribution in [0.15, 0.2) is 36.4 Å². The third-order valence-corrected chi connectivity index (χ3v) is 4.68. The van der Waals surface area contributed by atoms with Gasteiger partial charge < -0.3 is 10.6 Å². The third-order valence-electron chi connectivity index (χ3n) is 4.68. The minimum Gasteiger partial charge on any atom is -0.368 e. The van der Waals surface area contributed by atoms with E-state index in [9.17, 15) is 18.0 Å². The normalized spacial score (nSPS) is 11.1. The number of aryl methyl sites for hydroxylation is 2. The van der Waals surface area contributed by atoms with Crippen molar-refractivity contribution < 1.29 is 18.0 Å². The Morgan fingerprint density at radius 2 is 1.74 bits per heavy atom. The van der Waals surface area contributed by atoms with E-state index in [1.54, 1.807) is 27.1 Å². The predicted molar refractivity (Wildman–Crippen MR) is 112 cm³/mol. The molecule has 0 spiro atoms. The number of hydrogen-bond donors (Lipinski definition) is 1. The van der Waals surface area contributed by atoms with Gasteiger partial charge in [0.15, 0.2) is 0 Å². The van der Waals surface area contributed by atoms with Gasteiger partial charge in [0.2, 0.25) is 11.9 Å². The highest BCUT2D eigenvalue weighted by atomic mass is 19.3.